The molecule has 0 saturated heterocycles. The van der Waals surface area contributed by atoms with Crippen LogP contribution in [0.1, 0.15) is 44.7 Å². The second-order valence-corrected chi connectivity index (χ2v) is 7.81. The van der Waals surface area contributed by atoms with Gasteiger partial charge in [0.1, 0.15) is 12.4 Å². The van der Waals surface area contributed by atoms with Crippen LogP contribution in [0.5, 0.6) is 17.2 Å². The zero-order valence-corrected chi connectivity index (χ0v) is 21.1. The molecule has 0 bridgehead atoms. The quantitative estimate of drug-likeness (QED) is 0.160. The second-order valence-electron chi connectivity index (χ2n) is 7.40. The first-order valence-electron chi connectivity index (χ1n) is 11.8. The van der Waals surface area contributed by atoms with Gasteiger partial charge in [-0.15, -0.1) is 0 Å². The van der Waals surface area contributed by atoms with Gasteiger partial charge in [-0.05, 0) is 61.7 Å². The van der Waals surface area contributed by atoms with Crippen molar-refractivity contribution < 1.29 is 28.5 Å². The third-order valence-corrected chi connectivity index (χ3v) is 5.05. The highest BCUT2D eigenvalue weighted by atomic mass is 35.5. The van der Waals surface area contributed by atoms with Crippen molar-refractivity contribution >= 4 is 23.6 Å². The van der Waals surface area contributed by atoms with Gasteiger partial charge in [0.15, 0.2) is 11.5 Å². The summed E-state index contributed by atoms with van der Waals surface area (Å²) in [6.45, 7) is 8.78. The average Bonchev–Trinajstić information content (AvgIpc) is 2.83. The summed E-state index contributed by atoms with van der Waals surface area (Å²) in [5.74, 6) is 1.57. The van der Waals surface area contributed by atoms with Gasteiger partial charge < -0.3 is 23.7 Å². The minimum absolute atomic E-state index is 0.231. The lowest BCUT2D eigenvalue weighted by Crippen LogP contribution is -2.08. The van der Waals surface area contributed by atoms with Gasteiger partial charge in [0.25, 0.3) is 0 Å². The van der Waals surface area contributed by atoms with Crippen molar-refractivity contribution in [3.05, 3.63) is 58.6 Å². The molecule has 0 N–H and O–H groups in total. The summed E-state index contributed by atoms with van der Waals surface area (Å²) in [6.07, 6.45) is 5.75. The SMILES string of the molecule is CCCCOc1cc(/C=C\C(=O)OCCOCC)ccc1OCCc1ccc(OCC)c(Cl)c1. The molecular weight excluding hydrogens is 456 g/mol. The van der Waals surface area contributed by atoms with Crippen LogP contribution in [0.3, 0.4) is 0 Å². The summed E-state index contributed by atoms with van der Waals surface area (Å²) in [5, 5.41) is 0.593. The number of ether oxygens (including phenoxy) is 5. The second kappa shape index (κ2) is 16.0. The fraction of sp³-hybridized carbons (Fsp3) is 0.444. The van der Waals surface area contributed by atoms with Crippen molar-refractivity contribution in [2.24, 2.45) is 0 Å². The molecule has 0 unspecified atom stereocenters. The standard InChI is InChI=1S/C27H35ClO6/c1-4-7-15-32-26-20-21(10-13-27(29)34-18-17-30-5-2)9-12-25(26)33-16-14-22-8-11-24(31-6-3)23(28)19-22/h8-13,19-20H,4-7,14-18H2,1-3H3/b13-10-. The first kappa shape index (κ1) is 27.5. The Morgan fingerprint density at radius 3 is 2.38 bits per heavy atom. The smallest absolute Gasteiger partial charge is 0.330 e. The van der Waals surface area contributed by atoms with Crippen LogP contribution in [0.2, 0.25) is 5.02 Å². The number of hydrogen-bond acceptors (Lipinski definition) is 6. The van der Waals surface area contributed by atoms with Crippen molar-refractivity contribution in [2.45, 2.75) is 40.0 Å². The number of hydrogen-bond donors (Lipinski definition) is 0. The minimum atomic E-state index is -0.414. The van der Waals surface area contributed by atoms with Crippen molar-refractivity contribution in [3.63, 3.8) is 0 Å². The maximum Gasteiger partial charge on any atom is 0.330 e. The highest BCUT2D eigenvalue weighted by Crippen LogP contribution is 2.30. The molecule has 186 valence electrons. The van der Waals surface area contributed by atoms with Crippen LogP contribution in [-0.4, -0.2) is 45.6 Å². The van der Waals surface area contributed by atoms with Gasteiger partial charge in [-0.3, -0.25) is 0 Å². The molecule has 0 saturated carbocycles. The van der Waals surface area contributed by atoms with Gasteiger partial charge >= 0.3 is 5.97 Å². The van der Waals surface area contributed by atoms with E-state index < -0.39 is 5.97 Å². The maximum absolute atomic E-state index is 11.9. The first-order valence-corrected chi connectivity index (χ1v) is 12.2. The predicted molar refractivity (Wildman–Crippen MR) is 135 cm³/mol. The van der Waals surface area contributed by atoms with E-state index in [1.165, 1.54) is 6.08 Å². The van der Waals surface area contributed by atoms with E-state index in [-0.39, 0.29) is 6.61 Å². The zero-order chi connectivity index (χ0) is 24.6. The highest BCUT2D eigenvalue weighted by molar-refractivity contribution is 6.32. The Morgan fingerprint density at radius 1 is 0.853 bits per heavy atom. The van der Waals surface area contributed by atoms with Gasteiger partial charge in [-0.2, -0.15) is 0 Å². The molecule has 34 heavy (non-hydrogen) atoms. The van der Waals surface area contributed by atoms with E-state index in [0.29, 0.717) is 61.7 Å². The summed E-state index contributed by atoms with van der Waals surface area (Å²) in [6, 6.07) is 11.4. The third-order valence-electron chi connectivity index (χ3n) is 4.76. The Labute approximate surface area is 207 Å². The molecule has 7 heteroatoms. The van der Waals surface area contributed by atoms with Crippen LogP contribution in [0.25, 0.3) is 6.08 Å². The Kier molecular flexibility index (Phi) is 13.0. The molecule has 2 aromatic carbocycles. The molecule has 0 atom stereocenters. The molecule has 0 fully saturated rings. The van der Waals surface area contributed by atoms with Crippen molar-refractivity contribution in [2.75, 3.05) is 39.6 Å². The molecule has 0 amide bonds. The van der Waals surface area contributed by atoms with Crippen molar-refractivity contribution in [1.29, 1.82) is 0 Å². The fourth-order valence-corrected chi connectivity index (χ4v) is 3.25. The molecule has 6 nitrogen and oxygen atoms in total. The Balaban J connectivity index is 1.98. The van der Waals surface area contributed by atoms with E-state index >= 15 is 0 Å². The molecule has 0 aromatic heterocycles. The predicted octanol–water partition coefficient (Wildman–Crippen LogP) is 6.13. The number of carbonyl (C=O) groups excluding carboxylic acids is 1. The van der Waals surface area contributed by atoms with Crippen molar-refractivity contribution in [3.8, 4) is 17.2 Å². The fourth-order valence-electron chi connectivity index (χ4n) is 3.00. The van der Waals surface area contributed by atoms with E-state index in [9.17, 15) is 4.79 Å². The number of unbranched alkanes of at least 4 members (excludes halogenated alkanes) is 1. The van der Waals surface area contributed by atoms with E-state index in [4.69, 9.17) is 35.3 Å². The molecular formula is C27H35ClO6. The zero-order valence-electron chi connectivity index (χ0n) is 20.3. The van der Waals surface area contributed by atoms with Gasteiger partial charge in [0.2, 0.25) is 0 Å². The molecule has 0 radical (unpaired) electrons. The maximum atomic E-state index is 11.9. The van der Waals surface area contributed by atoms with E-state index in [1.54, 1.807) is 6.08 Å². The molecule has 0 heterocycles. The van der Waals surface area contributed by atoms with Gasteiger partial charge in [-0.25, -0.2) is 4.79 Å². The highest BCUT2D eigenvalue weighted by Gasteiger charge is 2.08. The lowest BCUT2D eigenvalue weighted by atomic mass is 10.1. The normalized spacial score (nSPS) is 10.9. The van der Waals surface area contributed by atoms with Crippen molar-refractivity contribution in [1.82, 2.24) is 0 Å². The molecule has 2 rings (SSSR count). The number of halogens is 1. The lowest BCUT2D eigenvalue weighted by molar-refractivity contribution is -0.139. The Morgan fingerprint density at radius 2 is 1.65 bits per heavy atom. The third kappa shape index (κ3) is 10.1. The monoisotopic (exact) mass is 490 g/mol. The topological polar surface area (TPSA) is 63.2 Å². The summed E-state index contributed by atoms with van der Waals surface area (Å²) in [5.41, 5.74) is 1.88. The Bertz CT molecular complexity index is 912. The first-order chi connectivity index (χ1) is 16.6. The van der Waals surface area contributed by atoms with Crippen LogP contribution < -0.4 is 14.2 Å². The minimum Gasteiger partial charge on any atom is -0.492 e. The van der Waals surface area contributed by atoms with Crippen LogP contribution in [0, 0.1) is 0 Å². The summed E-state index contributed by atoms with van der Waals surface area (Å²) in [7, 11) is 0. The Hall–Kier alpha value is -2.70. The van der Waals surface area contributed by atoms with E-state index in [0.717, 1.165) is 24.0 Å². The molecule has 0 aliphatic carbocycles. The average molecular weight is 491 g/mol. The molecule has 0 spiro atoms. The van der Waals surface area contributed by atoms with Gasteiger partial charge in [0.05, 0.1) is 31.5 Å². The molecule has 0 aliphatic rings. The van der Waals surface area contributed by atoms with E-state index in [1.807, 2.05) is 50.2 Å². The summed E-state index contributed by atoms with van der Waals surface area (Å²) >= 11 is 6.28. The number of benzene rings is 2. The van der Waals surface area contributed by atoms with E-state index in [2.05, 4.69) is 6.92 Å². The van der Waals surface area contributed by atoms with Crippen LogP contribution >= 0.6 is 11.6 Å². The summed E-state index contributed by atoms with van der Waals surface area (Å²) in [4.78, 5) is 11.9. The molecule has 2 aromatic rings. The number of rotatable bonds is 16. The number of esters is 1. The number of carbonyl (C=O) groups is 1. The van der Waals surface area contributed by atoms with Gasteiger partial charge in [-0.1, -0.05) is 37.1 Å². The van der Waals surface area contributed by atoms with Gasteiger partial charge in [0, 0.05) is 19.1 Å². The largest absolute Gasteiger partial charge is 0.492 e. The van der Waals surface area contributed by atoms with Crippen LogP contribution in [-0.2, 0) is 20.7 Å². The summed E-state index contributed by atoms with van der Waals surface area (Å²) < 4.78 is 27.7. The lowest BCUT2D eigenvalue weighted by Gasteiger charge is -2.14. The van der Waals surface area contributed by atoms with Crippen LogP contribution in [0.15, 0.2) is 42.5 Å². The molecule has 0 aliphatic heterocycles. The van der Waals surface area contributed by atoms with Crippen LogP contribution in [0.4, 0.5) is 0 Å².